The van der Waals surface area contributed by atoms with E-state index in [1.165, 1.54) is 0 Å². The zero-order valence-corrected chi connectivity index (χ0v) is 12.2. The van der Waals surface area contributed by atoms with Crippen molar-refractivity contribution in [2.75, 3.05) is 0 Å². The minimum Gasteiger partial charge on any atom is -0.483 e. The lowest BCUT2D eigenvalue weighted by molar-refractivity contribution is -0.134. The first-order valence-corrected chi connectivity index (χ1v) is 5.37. The third-order valence-corrected chi connectivity index (χ3v) is 0.907. The SMILES string of the molecule is O=C(O)[CH2][AlH2].O=CO.O=CO.O=CO.O=CO.O=CO. The van der Waals surface area contributed by atoms with E-state index in [9.17, 15) is 4.79 Å². The van der Waals surface area contributed by atoms with Crippen LogP contribution in [0.5, 0.6) is 0 Å². The number of hydrogen-bond donors (Lipinski definition) is 6. The average Bonchev–Trinajstić information content (AvgIpc) is 2.34. The second-order valence-corrected chi connectivity index (χ2v) is 1.98. The molecule has 20 heavy (non-hydrogen) atoms. The first-order chi connectivity index (χ1) is 9.34. The van der Waals surface area contributed by atoms with Crippen LogP contribution in [-0.2, 0) is 28.8 Å². The summed E-state index contributed by atoms with van der Waals surface area (Å²) < 4.78 is 0. The van der Waals surface area contributed by atoms with Gasteiger partial charge >= 0.3 is 0 Å². The van der Waals surface area contributed by atoms with E-state index in [2.05, 4.69) is 0 Å². The van der Waals surface area contributed by atoms with Gasteiger partial charge in [0.15, 0.2) is 0 Å². The average molecular weight is 318 g/mol. The topological polar surface area (TPSA) is 224 Å². The molecule has 0 aromatic rings. The molecule has 0 radical (unpaired) electrons. The summed E-state index contributed by atoms with van der Waals surface area (Å²) in [5.41, 5.74) is 0. The Morgan fingerprint density at radius 2 is 0.750 bits per heavy atom. The highest BCUT2D eigenvalue weighted by molar-refractivity contribution is 6.18. The first-order valence-electron chi connectivity index (χ1n) is 3.96. The Labute approximate surface area is 120 Å². The van der Waals surface area contributed by atoms with Crippen LogP contribution in [-0.4, -0.2) is 85.3 Å². The Hall–Kier alpha value is -2.65. The molecule has 0 unspecified atom stereocenters. The molecule has 0 heterocycles. The van der Waals surface area contributed by atoms with Gasteiger partial charge in [0.1, 0.15) is 0 Å². The van der Waals surface area contributed by atoms with Gasteiger partial charge in [-0.1, -0.05) is 0 Å². The van der Waals surface area contributed by atoms with Crippen LogP contribution in [0.25, 0.3) is 0 Å². The van der Waals surface area contributed by atoms with E-state index in [0.29, 0.717) is 5.28 Å². The largest absolute Gasteiger partial charge is 0.483 e. The quantitative estimate of drug-likeness (QED) is 0.220. The van der Waals surface area contributed by atoms with Gasteiger partial charge < -0.3 is 30.6 Å². The lowest BCUT2D eigenvalue weighted by Gasteiger charge is -1.71. The summed E-state index contributed by atoms with van der Waals surface area (Å²) in [5.74, 6) is -0.684. The molecule has 6 N–H and O–H groups in total. The summed E-state index contributed by atoms with van der Waals surface area (Å²) in [7, 11) is 0. The van der Waals surface area contributed by atoms with Crippen molar-refractivity contribution >= 4 is 54.6 Å². The molecule has 0 aliphatic carbocycles. The fourth-order valence-corrected chi connectivity index (χ4v) is 0. The van der Waals surface area contributed by atoms with E-state index in [4.69, 9.17) is 54.6 Å². The van der Waals surface area contributed by atoms with Gasteiger partial charge in [-0.15, -0.1) is 0 Å². The molecule has 0 aromatic heterocycles. The highest BCUT2D eigenvalue weighted by Gasteiger charge is 1.81. The first kappa shape index (κ1) is 36.0. The molecule has 0 amide bonds. The minimum absolute atomic E-state index is 0.250. The van der Waals surface area contributed by atoms with Crippen LogP contribution in [0.15, 0.2) is 0 Å². The molecule has 0 atom stereocenters. The van der Waals surface area contributed by atoms with Gasteiger partial charge in [-0.2, -0.15) is 0 Å². The van der Waals surface area contributed by atoms with Gasteiger partial charge in [-0.05, 0) is 5.28 Å². The van der Waals surface area contributed by atoms with E-state index < -0.39 is 5.97 Å². The Balaban J connectivity index is -0.0000000299. The van der Waals surface area contributed by atoms with Crippen LogP contribution in [0.2, 0.25) is 5.28 Å². The van der Waals surface area contributed by atoms with Crippen LogP contribution in [0, 0.1) is 0 Å². The van der Waals surface area contributed by atoms with Gasteiger partial charge in [-0.25, -0.2) is 0 Å². The van der Waals surface area contributed by atoms with Crippen molar-refractivity contribution in [3.8, 4) is 0 Å². The molecule has 12 nitrogen and oxygen atoms in total. The highest BCUT2D eigenvalue weighted by Crippen LogP contribution is 1.63. The van der Waals surface area contributed by atoms with Crippen LogP contribution in [0.3, 0.4) is 0 Å². The lowest BCUT2D eigenvalue weighted by Crippen LogP contribution is -1.89. The third kappa shape index (κ3) is 7540. The number of hydrogen-bond acceptors (Lipinski definition) is 6. The Bertz CT molecular complexity index is 171. The number of rotatable bonds is 1. The molecule has 0 spiro atoms. The summed E-state index contributed by atoms with van der Waals surface area (Å²) >= 11 is 0.774. The Morgan fingerprint density at radius 1 is 0.700 bits per heavy atom. The molecule has 0 rings (SSSR count). The number of carbonyl (C=O) groups is 6. The Morgan fingerprint density at radius 3 is 0.750 bits per heavy atom. The van der Waals surface area contributed by atoms with E-state index in [1.54, 1.807) is 0 Å². The van der Waals surface area contributed by atoms with Gasteiger partial charge in [0.05, 0.1) is 0 Å². The molecule has 13 heteroatoms. The summed E-state index contributed by atoms with van der Waals surface area (Å²) in [6.07, 6.45) is 0. The molecular weight excluding hydrogens is 303 g/mol. The predicted octanol–water partition coefficient (Wildman–Crippen LogP) is -2.37. The molecule has 0 bridgehead atoms. The maximum absolute atomic E-state index is 9.40. The fraction of sp³-hybridized carbons (Fsp3) is 0.143. The molecule has 0 saturated heterocycles. The van der Waals surface area contributed by atoms with Gasteiger partial charge in [0.25, 0.3) is 38.3 Å². The zero-order chi connectivity index (χ0) is 17.8. The second kappa shape index (κ2) is 95.5. The summed E-state index contributed by atoms with van der Waals surface area (Å²) in [4.78, 5) is 51.2. The maximum Gasteiger partial charge on any atom is 0.290 e. The molecule has 118 valence electrons. The van der Waals surface area contributed by atoms with Crippen LogP contribution in [0.1, 0.15) is 0 Å². The standard InChI is InChI=1S/C2H3O2.5CH2O2.Al.2H/c1-2(3)4;5*2-1-3;;;/h1H2,(H,3,4);5*1H,(H,2,3);;;. The van der Waals surface area contributed by atoms with Crippen molar-refractivity contribution in [3.63, 3.8) is 0 Å². The molecule has 0 aliphatic heterocycles. The van der Waals surface area contributed by atoms with E-state index in [0.717, 1.165) is 16.3 Å². The van der Waals surface area contributed by atoms with Crippen molar-refractivity contribution < 1.29 is 59.4 Å². The van der Waals surface area contributed by atoms with Crippen molar-refractivity contribution in [1.29, 1.82) is 0 Å². The number of carboxylic acid groups (broad SMARTS) is 6. The van der Waals surface area contributed by atoms with Crippen LogP contribution in [0.4, 0.5) is 0 Å². The fourth-order valence-electron chi connectivity index (χ4n) is 0. The molecule has 0 aliphatic rings. The van der Waals surface area contributed by atoms with E-state index in [-0.39, 0.29) is 32.4 Å². The van der Waals surface area contributed by atoms with E-state index in [1.807, 2.05) is 0 Å². The van der Waals surface area contributed by atoms with Gasteiger partial charge in [0.2, 0.25) is 16.3 Å². The molecular formula is C7H15AlO12. The lowest BCUT2D eigenvalue weighted by atomic mass is 10.8. The normalized spacial score (nSPS) is 4.80. The second-order valence-electron chi connectivity index (χ2n) is 1.27. The summed E-state index contributed by atoms with van der Waals surface area (Å²) in [6, 6.07) is 0. The molecule has 0 fully saturated rings. The monoisotopic (exact) mass is 318 g/mol. The Kier molecular flexibility index (Phi) is 172. The van der Waals surface area contributed by atoms with Gasteiger partial charge in [-0.3, -0.25) is 28.8 Å². The maximum atomic E-state index is 9.40. The summed E-state index contributed by atoms with van der Waals surface area (Å²) in [5, 5.41) is 42.6. The summed E-state index contributed by atoms with van der Waals surface area (Å²) in [6.45, 7) is -1.25. The number of aliphatic carboxylic acids is 1. The van der Waals surface area contributed by atoms with Crippen molar-refractivity contribution in [1.82, 2.24) is 0 Å². The van der Waals surface area contributed by atoms with Crippen molar-refractivity contribution in [2.45, 2.75) is 5.28 Å². The van der Waals surface area contributed by atoms with Gasteiger partial charge in [0, 0.05) is 0 Å². The van der Waals surface area contributed by atoms with Crippen LogP contribution >= 0.6 is 0 Å². The van der Waals surface area contributed by atoms with E-state index >= 15 is 0 Å². The molecule has 0 saturated carbocycles. The minimum atomic E-state index is -0.684. The number of carboxylic acids is 1. The molecule has 0 aromatic carbocycles. The third-order valence-electron chi connectivity index (χ3n) is 0.302. The van der Waals surface area contributed by atoms with Crippen molar-refractivity contribution in [3.05, 3.63) is 0 Å². The van der Waals surface area contributed by atoms with Crippen molar-refractivity contribution in [2.24, 2.45) is 0 Å². The van der Waals surface area contributed by atoms with Crippen LogP contribution < -0.4 is 0 Å². The smallest absolute Gasteiger partial charge is 0.290 e. The zero-order valence-electron chi connectivity index (χ0n) is 10.2. The predicted molar refractivity (Wildman–Crippen MR) is 64.5 cm³/mol. The highest BCUT2D eigenvalue weighted by atomic mass is 27.0.